The molecule has 0 saturated carbocycles. The number of ether oxygens (including phenoxy) is 2. The van der Waals surface area contributed by atoms with E-state index in [1.54, 1.807) is 18.2 Å². The van der Waals surface area contributed by atoms with E-state index in [4.69, 9.17) is 44.3 Å². The highest BCUT2D eigenvalue weighted by Gasteiger charge is 2.23. The Morgan fingerprint density at radius 1 is 1.00 bits per heavy atom. The number of hydrogen-bond donors (Lipinski definition) is 1. The summed E-state index contributed by atoms with van der Waals surface area (Å²) < 4.78 is 39.7. The minimum absolute atomic E-state index is 0.00963. The van der Waals surface area contributed by atoms with Crippen LogP contribution >= 0.6 is 34.8 Å². The summed E-state index contributed by atoms with van der Waals surface area (Å²) in [5.41, 5.74) is 0.824. The summed E-state index contributed by atoms with van der Waals surface area (Å²) in [6.45, 7) is 0.324. The van der Waals surface area contributed by atoms with Gasteiger partial charge in [-0.15, -0.1) is 0 Å². The largest absolute Gasteiger partial charge is 0.497 e. The highest BCUT2D eigenvalue weighted by molar-refractivity contribution is 7.92. The lowest BCUT2D eigenvalue weighted by molar-refractivity contribution is 0.386. The quantitative estimate of drug-likeness (QED) is 0.534. The van der Waals surface area contributed by atoms with Gasteiger partial charge in [0.1, 0.15) is 21.4 Å². The summed E-state index contributed by atoms with van der Waals surface area (Å²) >= 11 is 18.1. The van der Waals surface area contributed by atoms with E-state index in [1.807, 2.05) is 0 Å². The molecule has 0 atom stereocenters. The van der Waals surface area contributed by atoms with E-state index >= 15 is 0 Å². The van der Waals surface area contributed by atoms with E-state index < -0.39 is 10.0 Å². The van der Waals surface area contributed by atoms with Crippen molar-refractivity contribution in [3.8, 4) is 11.5 Å². The zero-order valence-electron chi connectivity index (χ0n) is 15.3. The highest BCUT2D eigenvalue weighted by atomic mass is 35.5. The van der Waals surface area contributed by atoms with Crippen molar-refractivity contribution in [1.29, 1.82) is 0 Å². The van der Waals surface area contributed by atoms with Crippen LogP contribution in [0.25, 0.3) is 0 Å². The number of halogens is 3. The van der Waals surface area contributed by atoms with Crippen LogP contribution in [0.1, 0.15) is 5.56 Å². The van der Waals surface area contributed by atoms with Gasteiger partial charge in [0.25, 0.3) is 10.0 Å². The van der Waals surface area contributed by atoms with E-state index in [2.05, 4.69) is 9.82 Å². The molecule has 3 aromatic rings. The van der Waals surface area contributed by atoms with Crippen LogP contribution < -0.4 is 14.2 Å². The fourth-order valence-corrected chi connectivity index (χ4v) is 4.30. The Morgan fingerprint density at radius 2 is 1.76 bits per heavy atom. The number of sulfonamides is 1. The summed E-state index contributed by atoms with van der Waals surface area (Å²) in [6.07, 6.45) is 1.51. The third-order valence-corrected chi connectivity index (χ3v) is 6.33. The van der Waals surface area contributed by atoms with Crippen LogP contribution in [0.2, 0.25) is 15.1 Å². The molecule has 0 bridgehead atoms. The van der Waals surface area contributed by atoms with Gasteiger partial charge in [-0.25, -0.2) is 8.42 Å². The standard InChI is InChI=1S/C18H16Cl3N3O4S/c1-27-12-4-6-17(16(8-12)28-2)29(25,26)23-18-15(21)10-24(22-18)9-11-3-5-13(19)14(20)7-11/h3-8,10H,9H2,1-2H3,(H,22,23). The maximum absolute atomic E-state index is 12.8. The third-order valence-electron chi connectivity index (χ3n) is 3.94. The molecule has 1 N–H and O–H groups in total. The maximum Gasteiger partial charge on any atom is 0.266 e. The number of methoxy groups -OCH3 is 2. The first-order valence-electron chi connectivity index (χ1n) is 8.15. The topological polar surface area (TPSA) is 82.5 Å². The van der Waals surface area contributed by atoms with Gasteiger partial charge in [-0.05, 0) is 29.8 Å². The van der Waals surface area contributed by atoms with E-state index in [0.717, 1.165) is 5.56 Å². The zero-order valence-corrected chi connectivity index (χ0v) is 18.4. The number of nitrogens with zero attached hydrogens (tertiary/aromatic N) is 2. The SMILES string of the molecule is COc1ccc(S(=O)(=O)Nc2nn(Cc3ccc(Cl)c(Cl)c3)cc2Cl)c(OC)c1. The predicted molar refractivity (Wildman–Crippen MR) is 113 cm³/mol. The number of anilines is 1. The molecule has 0 saturated heterocycles. The Kier molecular flexibility index (Phi) is 6.48. The van der Waals surface area contributed by atoms with Crippen molar-refractivity contribution in [3.63, 3.8) is 0 Å². The normalized spacial score (nSPS) is 11.3. The van der Waals surface area contributed by atoms with Crippen molar-refractivity contribution in [3.05, 3.63) is 63.2 Å². The lowest BCUT2D eigenvalue weighted by Gasteiger charge is -2.11. The number of nitrogens with one attached hydrogen (secondary N) is 1. The monoisotopic (exact) mass is 475 g/mol. The van der Waals surface area contributed by atoms with Crippen LogP contribution in [0.15, 0.2) is 47.5 Å². The van der Waals surface area contributed by atoms with Gasteiger partial charge < -0.3 is 9.47 Å². The van der Waals surface area contributed by atoms with Crippen molar-refractivity contribution in [1.82, 2.24) is 9.78 Å². The average molecular weight is 477 g/mol. The summed E-state index contributed by atoms with van der Waals surface area (Å²) in [5.74, 6) is 0.581. The predicted octanol–water partition coefficient (Wildman–Crippen LogP) is 4.71. The van der Waals surface area contributed by atoms with Crippen LogP contribution in [0.3, 0.4) is 0 Å². The van der Waals surface area contributed by atoms with Crippen LogP contribution in [0, 0.1) is 0 Å². The van der Waals surface area contributed by atoms with Crippen molar-refractivity contribution in [2.24, 2.45) is 0 Å². The summed E-state index contributed by atoms with van der Waals surface area (Å²) in [6, 6.07) is 9.52. The fraction of sp³-hybridized carbons (Fsp3) is 0.167. The maximum atomic E-state index is 12.8. The summed E-state index contributed by atoms with van der Waals surface area (Å²) in [4.78, 5) is -0.0732. The molecular formula is C18H16Cl3N3O4S. The lowest BCUT2D eigenvalue weighted by Crippen LogP contribution is -2.15. The molecule has 1 aromatic heterocycles. The summed E-state index contributed by atoms with van der Waals surface area (Å²) in [5, 5.41) is 5.20. The van der Waals surface area contributed by atoms with Gasteiger partial charge in [0, 0.05) is 12.3 Å². The highest BCUT2D eigenvalue weighted by Crippen LogP contribution is 2.31. The molecule has 0 spiro atoms. The number of benzene rings is 2. The van der Waals surface area contributed by atoms with E-state index in [-0.39, 0.29) is 21.5 Å². The van der Waals surface area contributed by atoms with Crippen LogP contribution in [0.5, 0.6) is 11.5 Å². The van der Waals surface area contributed by atoms with Gasteiger partial charge in [-0.1, -0.05) is 40.9 Å². The van der Waals surface area contributed by atoms with Crippen molar-refractivity contribution < 1.29 is 17.9 Å². The van der Waals surface area contributed by atoms with Gasteiger partial charge in [0.2, 0.25) is 0 Å². The number of aromatic nitrogens is 2. The molecule has 29 heavy (non-hydrogen) atoms. The van der Waals surface area contributed by atoms with Gasteiger partial charge >= 0.3 is 0 Å². The second-order valence-electron chi connectivity index (χ2n) is 5.89. The van der Waals surface area contributed by atoms with Gasteiger partial charge in [0.15, 0.2) is 5.82 Å². The van der Waals surface area contributed by atoms with Crippen LogP contribution in [0.4, 0.5) is 5.82 Å². The molecule has 7 nitrogen and oxygen atoms in total. The first-order chi connectivity index (χ1) is 13.7. The Hall–Kier alpha value is -2.13. The van der Waals surface area contributed by atoms with Gasteiger partial charge in [-0.2, -0.15) is 5.10 Å². The number of rotatable bonds is 7. The van der Waals surface area contributed by atoms with E-state index in [1.165, 1.54) is 43.3 Å². The second kappa shape index (κ2) is 8.71. The summed E-state index contributed by atoms with van der Waals surface area (Å²) in [7, 11) is -1.16. The molecule has 0 aliphatic rings. The number of hydrogen-bond acceptors (Lipinski definition) is 5. The molecule has 0 fully saturated rings. The molecule has 3 rings (SSSR count). The molecular weight excluding hydrogens is 461 g/mol. The van der Waals surface area contributed by atoms with Crippen molar-refractivity contribution in [2.75, 3.05) is 18.9 Å². The Bertz CT molecular complexity index is 1150. The molecule has 154 valence electrons. The lowest BCUT2D eigenvalue weighted by atomic mass is 10.2. The molecule has 1 heterocycles. The average Bonchev–Trinajstić information content (AvgIpc) is 3.02. The molecule has 0 aliphatic heterocycles. The zero-order chi connectivity index (χ0) is 21.2. The van der Waals surface area contributed by atoms with Crippen LogP contribution in [-0.4, -0.2) is 32.4 Å². The van der Waals surface area contributed by atoms with Gasteiger partial charge in [-0.3, -0.25) is 9.40 Å². The third kappa shape index (κ3) is 4.90. The minimum atomic E-state index is -4.00. The van der Waals surface area contributed by atoms with E-state index in [9.17, 15) is 8.42 Å². The second-order valence-corrected chi connectivity index (χ2v) is 8.77. The van der Waals surface area contributed by atoms with Crippen molar-refractivity contribution in [2.45, 2.75) is 11.4 Å². The molecule has 0 unspecified atom stereocenters. The minimum Gasteiger partial charge on any atom is -0.497 e. The Labute approximate surface area is 183 Å². The molecule has 0 aliphatic carbocycles. The smallest absolute Gasteiger partial charge is 0.266 e. The Morgan fingerprint density at radius 3 is 2.41 bits per heavy atom. The van der Waals surface area contributed by atoms with Gasteiger partial charge in [0.05, 0.1) is 30.8 Å². The first kappa shape index (κ1) is 21.6. The molecule has 0 radical (unpaired) electrons. The van der Waals surface area contributed by atoms with Crippen molar-refractivity contribution >= 4 is 50.6 Å². The first-order valence-corrected chi connectivity index (χ1v) is 10.8. The fourth-order valence-electron chi connectivity index (χ4n) is 2.55. The Balaban J connectivity index is 1.85. The van der Waals surface area contributed by atoms with E-state index in [0.29, 0.717) is 22.3 Å². The molecule has 11 heteroatoms. The molecule has 0 amide bonds. The molecule has 2 aromatic carbocycles. The van der Waals surface area contributed by atoms with Crippen LogP contribution in [-0.2, 0) is 16.6 Å².